The highest BCUT2D eigenvalue weighted by Crippen LogP contribution is 2.29. The first-order valence-electron chi connectivity index (χ1n) is 6.68. The van der Waals surface area contributed by atoms with Crippen molar-refractivity contribution in [1.29, 1.82) is 0 Å². The smallest absolute Gasteiger partial charge is 0.122 e. The standard InChI is InChI=1S/C15H23NO2/c1-11(13-5-4-6-13)16-10-12-7-14(17-2)9-15(8-12)18-3/h7-9,11,13,16H,4-6,10H2,1-3H3. The lowest BCUT2D eigenvalue weighted by molar-refractivity contribution is 0.240. The van der Waals surface area contributed by atoms with E-state index < -0.39 is 0 Å². The summed E-state index contributed by atoms with van der Waals surface area (Å²) in [6.07, 6.45) is 4.13. The predicted molar refractivity (Wildman–Crippen MR) is 73.2 cm³/mol. The van der Waals surface area contributed by atoms with Gasteiger partial charge in [-0.2, -0.15) is 0 Å². The summed E-state index contributed by atoms with van der Waals surface area (Å²) in [5.74, 6) is 2.56. The Kier molecular flexibility index (Phi) is 4.48. The Labute approximate surface area is 109 Å². The van der Waals surface area contributed by atoms with Crippen LogP contribution >= 0.6 is 0 Å². The minimum absolute atomic E-state index is 0.593. The molecule has 1 aromatic carbocycles. The number of hydrogen-bond donors (Lipinski definition) is 1. The second-order valence-corrected chi connectivity index (χ2v) is 5.08. The Morgan fingerprint density at radius 2 is 1.78 bits per heavy atom. The van der Waals surface area contributed by atoms with Crippen molar-refractivity contribution in [3.63, 3.8) is 0 Å². The van der Waals surface area contributed by atoms with E-state index in [4.69, 9.17) is 9.47 Å². The molecule has 1 unspecified atom stereocenters. The molecule has 0 amide bonds. The maximum Gasteiger partial charge on any atom is 0.122 e. The third-order valence-electron chi connectivity index (χ3n) is 3.90. The van der Waals surface area contributed by atoms with Gasteiger partial charge in [0.2, 0.25) is 0 Å². The fraction of sp³-hybridized carbons (Fsp3) is 0.600. The Bertz CT molecular complexity index is 366. The predicted octanol–water partition coefficient (Wildman–Crippen LogP) is 2.98. The molecule has 0 bridgehead atoms. The molecule has 18 heavy (non-hydrogen) atoms. The topological polar surface area (TPSA) is 30.5 Å². The molecule has 1 saturated carbocycles. The van der Waals surface area contributed by atoms with Gasteiger partial charge >= 0.3 is 0 Å². The molecule has 2 rings (SSSR count). The molecule has 1 aromatic rings. The zero-order valence-electron chi connectivity index (χ0n) is 11.5. The van der Waals surface area contributed by atoms with Crippen LogP contribution in [-0.2, 0) is 6.54 Å². The van der Waals surface area contributed by atoms with Gasteiger partial charge in [-0.1, -0.05) is 6.42 Å². The van der Waals surface area contributed by atoms with Gasteiger partial charge in [0.15, 0.2) is 0 Å². The van der Waals surface area contributed by atoms with Crippen molar-refractivity contribution in [2.24, 2.45) is 5.92 Å². The van der Waals surface area contributed by atoms with E-state index in [0.29, 0.717) is 6.04 Å². The largest absolute Gasteiger partial charge is 0.497 e. The maximum absolute atomic E-state index is 5.28. The van der Waals surface area contributed by atoms with E-state index in [9.17, 15) is 0 Å². The number of methoxy groups -OCH3 is 2. The summed E-state index contributed by atoms with van der Waals surface area (Å²) < 4.78 is 10.6. The molecule has 3 nitrogen and oxygen atoms in total. The molecule has 100 valence electrons. The van der Waals surface area contributed by atoms with Crippen LogP contribution in [0.25, 0.3) is 0 Å². The van der Waals surface area contributed by atoms with Crippen molar-refractivity contribution in [3.8, 4) is 11.5 Å². The van der Waals surface area contributed by atoms with Gasteiger partial charge in [0.25, 0.3) is 0 Å². The summed E-state index contributed by atoms with van der Waals surface area (Å²) in [7, 11) is 3.37. The summed E-state index contributed by atoms with van der Waals surface area (Å²) in [6.45, 7) is 3.15. The average molecular weight is 249 g/mol. The van der Waals surface area contributed by atoms with Crippen molar-refractivity contribution in [1.82, 2.24) is 5.32 Å². The molecule has 1 N–H and O–H groups in total. The van der Waals surface area contributed by atoms with E-state index in [1.807, 2.05) is 6.07 Å². The number of rotatable bonds is 6. The molecule has 0 spiro atoms. The number of hydrogen-bond acceptors (Lipinski definition) is 3. The third-order valence-corrected chi connectivity index (χ3v) is 3.90. The second kappa shape index (κ2) is 6.10. The van der Waals surface area contributed by atoms with Gasteiger partial charge < -0.3 is 14.8 Å². The van der Waals surface area contributed by atoms with Gasteiger partial charge in [0.05, 0.1) is 14.2 Å². The number of ether oxygens (including phenoxy) is 2. The van der Waals surface area contributed by atoms with E-state index in [-0.39, 0.29) is 0 Å². The van der Waals surface area contributed by atoms with Crippen molar-refractivity contribution in [2.45, 2.75) is 38.8 Å². The average Bonchev–Trinajstić information content (AvgIpc) is 2.33. The Morgan fingerprint density at radius 1 is 1.17 bits per heavy atom. The molecule has 0 aliphatic heterocycles. The van der Waals surface area contributed by atoms with Crippen LogP contribution < -0.4 is 14.8 Å². The zero-order valence-corrected chi connectivity index (χ0v) is 11.5. The summed E-state index contributed by atoms with van der Waals surface area (Å²) in [5, 5.41) is 3.59. The molecule has 1 aliphatic carbocycles. The quantitative estimate of drug-likeness (QED) is 0.840. The van der Waals surface area contributed by atoms with Crippen LogP contribution in [-0.4, -0.2) is 20.3 Å². The highest BCUT2D eigenvalue weighted by Gasteiger charge is 2.23. The first-order chi connectivity index (χ1) is 8.72. The third kappa shape index (κ3) is 3.16. The van der Waals surface area contributed by atoms with Crippen LogP contribution in [0.4, 0.5) is 0 Å². The Morgan fingerprint density at radius 3 is 2.22 bits per heavy atom. The Balaban J connectivity index is 1.94. The van der Waals surface area contributed by atoms with E-state index in [1.165, 1.54) is 24.8 Å². The van der Waals surface area contributed by atoms with Crippen molar-refractivity contribution < 1.29 is 9.47 Å². The highest BCUT2D eigenvalue weighted by molar-refractivity contribution is 5.38. The molecule has 0 saturated heterocycles. The molecular formula is C15H23NO2. The van der Waals surface area contributed by atoms with Crippen LogP contribution in [0.3, 0.4) is 0 Å². The van der Waals surface area contributed by atoms with Gasteiger partial charge in [0.1, 0.15) is 11.5 Å². The van der Waals surface area contributed by atoms with Crippen LogP contribution in [0.2, 0.25) is 0 Å². The SMILES string of the molecule is COc1cc(CNC(C)C2CCC2)cc(OC)c1. The molecule has 1 fully saturated rings. The molecule has 1 atom stereocenters. The fourth-order valence-electron chi connectivity index (χ4n) is 2.35. The van der Waals surface area contributed by atoms with E-state index in [1.54, 1.807) is 14.2 Å². The molecule has 0 radical (unpaired) electrons. The van der Waals surface area contributed by atoms with Gasteiger partial charge in [-0.05, 0) is 43.4 Å². The van der Waals surface area contributed by atoms with Crippen molar-refractivity contribution in [3.05, 3.63) is 23.8 Å². The molecule has 3 heteroatoms. The second-order valence-electron chi connectivity index (χ2n) is 5.08. The van der Waals surface area contributed by atoms with E-state index in [2.05, 4.69) is 24.4 Å². The monoisotopic (exact) mass is 249 g/mol. The number of nitrogens with one attached hydrogen (secondary N) is 1. The lowest BCUT2D eigenvalue weighted by Gasteiger charge is -2.32. The van der Waals surface area contributed by atoms with E-state index in [0.717, 1.165) is 24.0 Å². The lowest BCUT2D eigenvalue weighted by atomic mass is 9.80. The van der Waals surface area contributed by atoms with Crippen molar-refractivity contribution >= 4 is 0 Å². The molecular weight excluding hydrogens is 226 g/mol. The summed E-state index contributed by atoms with van der Waals surface area (Å²) in [4.78, 5) is 0. The van der Waals surface area contributed by atoms with Crippen LogP contribution in [0.1, 0.15) is 31.7 Å². The van der Waals surface area contributed by atoms with Crippen LogP contribution in [0.5, 0.6) is 11.5 Å². The van der Waals surface area contributed by atoms with E-state index >= 15 is 0 Å². The fourth-order valence-corrected chi connectivity index (χ4v) is 2.35. The summed E-state index contributed by atoms with van der Waals surface area (Å²) in [5.41, 5.74) is 1.21. The van der Waals surface area contributed by atoms with Gasteiger partial charge in [0, 0.05) is 18.7 Å². The molecule has 1 aliphatic rings. The minimum atomic E-state index is 0.593. The summed E-state index contributed by atoms with van der Waals surface area (Å²) >= 11 is 0. The van der Waals surface area contributed by atoms with Gasteiger partial charge in [-0.25, -0.2) is 0 Å². The zero-order chi connectivity index (χ0) is 13.0. The normalized spacial score (nSPS) is 17.1. The number of benzene rings is 1. The first kappa shape index (κ1) is 13.2. The molecule has 0 heterocycles. The van der Waals surface area contributed by atoms with Gasteiger partial charge in [-0.15, -0.1) is 0 Å². The van der Waals surface area contributed by atoms with Crippen LogP contribution in [0, 0.1) is 5.92 Å². The summed E-state index contributed by atoms with van der Waals surface area (Å²) in [6, 6.07) is 6.61. The minimum Gasteiger partial charge on any atom is -0.497 e. The maximum atomic E-state index is 5.28. The first-order valence-corrected chi connectivity index (χ1v) is 6.68. The Hall–Kier alpha value is -1.22. The van der Waals surface area contributed by atoms with Gasteiger partial charge in [-0.3, -0.25) is 0 Å². The van der Waals surface area contributed by atoms with Crippen molar-refractivity contribution in [2.75, 3.05) is 14.2 Å². The van der Waals surface area contributed by atoms with Crippen LogP contribution in [0.15, 0.2) is 18.2 Å². The lowest BCUT2D eigenvalue weighted by Crippen LogP contribution is -2.36. The highest BCUT2D eigenvalue weighted by atomic mass is 16.5. The molecule has 0 aromatic heterocycles.